The molecule has 0 saturated carbocycles. The smallest absolute Gasteiger partial charge is 0.759 e. The third kappa shape index (κ3) is 81.4. The van der Waals surface area contributed by atoms with Gasteiger partial charge in [0.1, 0.15) is 0 Å². The van der Waals surface area contributed by atoms with Gasteiger partial charge >= 0.3 is 56.9 Å². The molecule has 32 valence electrons. The fraction of sp³-hybridized carbons (Fsp3) is 0. The zero-order valence-electron chi connectivity index (χ0n) is 3.75. The molecule has 4 nitrogen and oxygen atoms in total. The van der Waals surface area contributed by atoms with Gasteiger partial charge in [0.25, 0.3) is 0 Å². The van der Waals surface area contributed by atoms with Gasteiger partial charge in [-0.1, -0.05) is 0 Å². The maximum atomic E-state index is 8.52. The van der Waals surface area contributed by atoms with Crippen molar-refractivity contribution in [3.8, 4) is 0 Å². The van der Waals surface area contributed by atoms with Gasteiger partial charge in [-0.2, -0.15) is 0 Å². The monoisotopic (exact) mass is 233 g/mol. The van der Waals surface area contributed by atoms with E-state index in [1.54, 1.807) is 0 Å². The Kier molecular flexibility index (Phi) is 13.5. The second kappa shape index (κ2) is 5.92. The van der Waals surface area contributed by atoms with Gasteiger partial charge in [-0.05, 0) is 0 Å². The van der Waals surface area contributed by atoms with Crippen LogP contribution in [-0.2, 0) is 37.7 Å². The molecule has 0 spiro atoms. The van der Waals surface area contributed by atoms with Crippen LogP contribution in [0.5, 0.6) is 0 Å². The molecular formula is CdNaO4S+. The summed E-state index contributed by atoms with van der Waals surface area (Å²) in [5.41, 5.74) is 0. The molecule has 0 atom stereocenters. The van der Waals surface area contributed by atoms with E-state index in [2.05, 4.69) is 0 Å². The molecule has 0 rings (SSSR count). The largest absolute Gasteiger partial charge is 2.00 e. The van der Waals surface area contributed by atoms with Crippen LogP contribution >= 0.6 is 0 Å². The van der Waals surface area contributed by atoms with Gasteiger partial charge in [0.05, 0.1) is 0 Å². The van der Waals surface area contributed by atoms with Crippen molar-refractivity contribution in [3.63, 3.8) is 0 Å². The zero-order valence-corrected chi connectivity index (χ0v) is 10.6. The summed E-state index contributed by atoms with van der Waals surface area (Å²) in [6, 6.07) is 0. The first-order valence-electron chi connectivity index (χ1n) is 0.667. The second-order valence-corrected chi connectivity index (χ2v) is 1.22. The molecule has 0 unspecified atom stereocenters. The van der Waals surface area contributed by atoms with Crippen LogP contribution in [0.25, 0.3) is 0 Å². The van der Waals surface area contributed by atoms with Crippen LogP contribution in [0.3, 0.4) is 0 Å². The summed E-state index contributed by atoms with van der Waals surface area (Å²) in [7, 11) is -5.17. The predicted octanol–water partition coefficient (Wildman–Crippen LogP) is -4.34. The molecule has 0 N–H and O–H groups in total. The third-order valence-electron chi connectivity index (χ3n) is 0. The summed E-state index contributed by atoms with van der Waals surface area (Å²) in [4.78, 5) is 0. The molecule has 0 radical (unpaired) electrons. The van der Waals surface area contributed by atoms with Crippen molar-refractivity contribution in [3.05, 3.63) is 0 Å². The zero-order chi connectivity index (χ0) is 4.50. The van der Waals surface area contributed by atoms with E-state index in [1.165, 1.54) is 0 Å². The summed E-state index contributed by atoms with van der Waals surface area (Å²) >= 11 is 0. The summed E-state index contributed by atoms with van der Waals surface area (Å²) in [6.45, 7) is 0. The summed E-state index contributed by atoms with van der Waals surface area (Å²) < 4.78 is 34.1. The minimum atomic E-state index is -5.17. The SMILES string of the molecule is O=S(=O)([O-])[O-].[Cd+2].[Na+]. The Bertz CT molecular complexity index is 94.9. The maximum absolute atomic E-state index is 8.52. The fourth-order valence-electron chi connectivity index (χ4n) is 0. The summed E-state index contributed by atoms with van der Waals surface area (Å²) in [6.07, 6.45) is 0. The Morgan fingerprint density at radius 1 is 1.14 bits per heavy atom. The van der Waals surface area contributed by atoms with E-state index < -0.39 is 10.4 Å². The first-order chi connectivity index (χ1) is 2.00. The van der Waals surface area contributed by atoms with Crippen LogP contribution in [0, 0.1) is 0 Å². The van der Waals surface area contributed by atoms with E-state index in [0.717, 1.165) is 0 Å². The molecule has 7 heteroatoms. The Balaban J connectivity index is -0.0000000800. The summed E-state index contributed by atoms with van der Waals surface area (Å²) in [5, 5.41) is 0. The Morgan fingerprint density at radius 3 is 1.14 bits per heavy atom. The van der Waals surface area contributed by atoms with Crippen LogP contribution in [0.4, 0.5) is 0 Å². The normalized spacial score (nSPS) is 8.29. The number of hydrogen-bond donors (Lipinski definition) is 0. The van der Waals surface area contributed by atoms with Crippen molar-refractivity contribution in [2.45, 2.75) is 0 Å². The van der Waals surface area contributed by atoms with Crippen molar-refractivity contribution in [1.82, 2.24) is 0 Å². The molecule has 0 fully saturated rings. The Hall–Kier alpha value is 1.79. The minimum Gasteiger partial charge on any atom is -0.759 e. The van der Waals surface area contributed by atoms with E-state index >= 15 is 0 Å². The standard InChI is InChI=1S/Cd.Na.H2O4S/c;;1-5(2,3)4/h;;(H2,1,2,3,4)/q+2;+1;/p-2. The minimum absolute atomic E-state index is 0. The number of hydrogen-bond acceptors (Lipinski definition) is 4. The molecule has 0 saturated heterocycles. The average Bonchev–Trinajstić information content (AvgIpc) is 0.722. The van der Waals surface area contributed by atoms with Crippen LogP contribution in [0.1, 0.15) is 0 Å². The van der Waals surface area contributed by atoms with E-state index in [9.17, 15) is 0 Å². The molecule has 0 aromatic rings. The van der Waals surface area contributed by atoms with E-state index in [1.807, 2.05) is 0 Å². The van der Waals surface area contributed by atoms with Crippen molar-refractivity contribution in [1.29, 1.82) is 0 Å². The molecule has 0 heterocycles. The maximum Gasteiger partial charge on any atom is 2.00 e. The van der Waals surface area contributed by atoms with Crippen LogP contribution in [-0.4, -0.2) is 17.5 Å². The van der Waals surface area contributed by atoms with Gasteiger partial charge in [0, 0.05) is 10.4 Å². The van der Waals surface area contributed by atoms with Crippen molar-refractivity contribution >= 4 is 10.4 Å². The van der Waals surface area contributed by atoms with Crippen LogP contribution in [0.15, 0.2) is 0 Å². The summed E-state index contributed by atoms with van der Waals surface area (Å²) in [5.74, 6) is 0. The number of rotatable bonds is 0. The van der Waals surface area contributed by atoms with Gasteiger partial charge in [-0.15, -0.1) is 0 Å². The molecular weight excluding hydrogens is 231 g/mol. The third-order valence-corrected chi connectivity index (χ3v) is 0. The van der Waals surface area contributed by atoms with Gasteiger partial charge in [-0.25, -0.2) is 0 Å². The van der Waals surface area contributed by atoms with Gasteiger partial charge in [0.15, 0.2) is 0 Å². The van der Waals surface area contributed by atoms with E-state index in [4.69, 9.17) is 17.5 Å². The van der Waals surface area contributed by atoms with Crippen molar-refractivity contribution < 1.29 is 74.4 Å². The predicted molar refractivity (Wildman–Crippen MR) is 10.5 cm³/mol. The molecule has 0 aromatic carbocycles. The molecule has 0 aliphatic rings. The Morgan fingerprint density at radius 2 is 1.14 bits per heavy atom. The molecule has 0 bridgehead atoms. The van der Waals surface area contributed by atoms with Gasteiger partial charge < -0.3 is 9.11 Å². The van der Waals surface area contributed by atoms with Gasteiger partial charge in [-0.3, -0.25) is 8.42 Å². The quantitative estimate of drug-likeness (QED) is 0.240. The first kappa shape index (κ1) is 15.9. The van der Waals surface area contributed by atoms with Crippen LogP contribution < -0.4 is 29.6 Å². The molecule has 0 aliphatic heterocycles. The first-order valence-corrected chi connectivity index (χ1v) is 2.00. The second-order valence-electron chi connectivity index (χ2n) is 0.408. The molecule has 0 aliphatic carbocycles. The molecule has 0 amide bonds. The molecule has 0 aromatic heterocycles. The van der Waals surface area contributed by atoms with Gasteiger partial charge in [0.2, 0.25) is 0 Å². The topological polar surface area (TPSA) is 80.3 Å². The van der Waals surface area contributed by atoms with E-state index in [0.29, 0.717) is 0 Å². The molecule has 7 heavy (non-hydrogen) atoms. The Labute approximate surface area is 83.7 Å². The van der Waals surface area contributed by atoms with Crippen molar-refractivity contribution in [2.75, 3.05) is 0 Å². The average molecular weight is 231 g/mol. The fourth-order valence-corrected chi connectivity index (χ4v) is 0. The van der Waals surface area contributed by atoms with Crippen LogP contribution in [0.2, 0.25) is 0 Å². The van der Waals surface area contributed by atoms with E-state index in [-0.39, 0.29) is 56.9 Å². The van der Waals surface area contributed by atoms with Crippen molar-refractivity contribution in [2.24, 2.45) is 0 Å².